The van der Waals surface area contributed by atoms with Gasteiger partial charge in [0, 0.05) is 13.6 Å². The van der Waals surface area contributed by atoms with Crippen LogP contribution in [0.4, 0.5) is 0 Å². The fourth-order valence-corrected chi connectivity index (χ4v) is 3.32. The molecule has 2 heterocycles. The summed E-state index contributed by atoms with van der Waals surface area (Å²) in [6, 6.07) is 6.69. The van der Waals surface area contributed by atoms with Gasteiger partial charge in [-0.25, -0.2) is 4.68 Å². The lowest BCUT2D eigenvalue weighted by molar-refractivity contribution is -0.122. The van der Waals surface area contributed by atoms with E-state index >= 15 is 0 Å². The van der Waals surface area contributed by atoms with E-state index in [1.165, 1.54) is 0 Å². The number of benzene rings is 1. The molecule has 27 heavy (non-hydrogen) atoms. The topological polar surface area (TPSA) is 101 Å². The zero-order valence-electron chi connectivity index (χ0n) is 15.5. The smallest absolute Gasteiger partial charge is 0.253 e. The number of nitrogens with zero attached hydrogens (tertiary/aromatic N) is 3. The Balaban J connectivity index is 1.70. The van der Waals surface area contributed by atoms with E-state index in [1.807, 2.05) is 20.0 Å². The van der Waals surface area contributed by atoms with E-state index in [0.717, 1.165) is 0 Å². The van der Waals surface area contributed by atoms with Gasteiger partial charge in [0.25, 0.3) is 5.91 Å². The van der Waals surface area contributed by atoms with Crippen LogP contribution in [-0.4, -0.2) is 46.4 Å². The van der Waals surface area contributed by atoms with Gasteiger partial charge in [-0.15, -0.1) is 5.10 Å². The van der Waals surface area contributed by atoms with Crippen molar-refractivity contribution in [3.8, 4) is 0 Å². The highest BCUT2D eigenvalue weighted by Gasteiger charge is 2.33. The molecule has 0 unspecified atom stereocenters. The van der Waals surface area contributed by atoms with Gasteiger partial charge in [-0.3, -0.25) is 9.59 Å². The summed E-state index contributed by atoms with van der Waals surface area (Å²) in [6.45, 7) is 4.35. The average Bonchev–Trinajstić information content (AvgIpc) is 3.30. The van der Waals surface area contributed by atoms with Crippen LogP contribution in [0.3, 0.4) is 0 Å². The fraction of sp³-hybridized carbons (Fsp3) is 0.444. The van der Waals surface area contributed by atoms with Gasteiger partial charge < -0.3 is 16.0 Å². The molecule has 2 amide bonds. The highest BCUT2D eigenvalue weighted by atomic mass is 35.5. The predicted octanol–water partition coefficient (Wildman–Crippen LogP) is 1.25. The Kier molecular flexibility index (Phi) is 5.48. The molecule has 8 nitrogen and oxygen atoms in total. The van der Waals surface area contributed by atoms with Crippen LogP contribution in [0.2, 0.25) is 5.02 Å². The first-order chi connectivity index (χ1) is 12.8. The quantitative estimate of drug-likeness (QED) is 0.713. The number of aromatic nitrogens is 3. The summed E-state index contributed by atoms with van der Waals surface area (Å²) in [5, 5.41) is 17.6. The molecule has 1 aromatic heterocycles. The van der Waals surface area contributed by atoms with Gasteiger partial charge in [0.05, 0.1) is 34.4 Å². The van der Waals surface area contributed by atoms with E-state index in [4.69, 9.17) is 11.6 Å². The van der Waals surface area contributed by atoms with E-state index in [1.54, 1.807) is 36.0 Å². The van der Waals surface area contributed by atoms with E-state index < -0.39 is 5.54 Å². The number of nitrogens with one attached hydrogen (secondary N) is 3. The van der Waals surface area contributed by atoms with Crippen LogP contribution in [0.5, 0.6) is 0 Å². The summed E-state index contributed by atoms with van der Waals surface area (Å²) in [7, 11) is 1.62. The molecule has 3 rings (SSSR count). The Bertz CT molecular complexity index is 850. The Hall–Kier alpha value is -2.45. The number of halogens is 1. The largest absolute Gasteiger partial charge is 0.358 e. The molecule has 0 aliphatic carbocycles. The molecular weight excluding hydrogens is 368 g/mol. The SMILES string of the molecule is CNC(=O)[C@@H]1C[C@@H](n2cc(C(C)(C)NC(=O)c3ccccc3Cl)nn2)CN1. The lowest BCUT2D eigenvalue weighted by atomic mass is 10.0. The van der Waals surface area contributed by atoms with Crippen molar-refractivity contribution in [3.05, 3.63) is 46.7 Å². The van der Waals surface area contributed by atoms with Gasteiger partial charge in [-0.05, 0) is 32.4 Å². The minimum atomic E-state index is -0.735. The number of amides is 2. The van der Waals surface area contributed by atoms with E-state index in [9.17, 15) is 9.59 Å². The molecule has 1 saturated heterocycles. The minimum Gasteiger partial charge on any atom is -0.358 e. The Morgan fingerprint density at radius 1 is 1.33 bits per heavy atom. The van der Waals surface area contributed by atoms with Crippen LogP contribution < -0.4 is 16.0 Å². The Morgan fingerprint density at radius 3 is 2.78 bits per heavy atom. The minimum absolute atomic E-state index is 0.0311. The molecule has 144 valence electrons. The van der Waals surface area contributed by atoms with E-state index in [2.05, 4.69) is 26.3 Å². The summed E-state index contributed by atoms with van der Waals surface area (Å²) in [6.07, 6.45) is 2.44. The summed E-state index contributed by atoms with van der Waals surface area (Å²) >= 11 is 6.10. The number of hydrogen-bond donors (Lipinski definition) is 3. The second-order valence-corrected chi connectivity index (χ2v) is 7.51. The molecule has 3 N–H and O–H groups in total. The van der Waals surface area contributed by atoms with Gasteiger partial charge in [0.2, 0.25) is 5.91 Å². The summed E-state index contributed by atoms with van der Waals surface area (Å²) < 4.78 is 1.74. The van der Waals surface area contributed by atoms with Crippen molar-refractivity contribution in [2.75, 3.05) is 13.6 Å². The molecule has 0 spiro atoms. The molecule has 1 aliphatic heterocycles. The summed E-state index contributed by atoms with van der Waals surface area (Å²) in [5.41, 5.74) is 0.306. The second-order valence-electron chi connectivity index (χ2n) is 7.11. The van der Waals surface area contributed by atoms with Gasteiger partial charge in [-0.1, -0.05) is 28.9 Å². The average molecular weight is 391 g/mol. The molecular formula is C18H23ClN6O2. The van der Waals surface area contributed by atoms with Gasteiger partial charge in [0.15, 0.2) is 0 Å². The van der Waals surface area contributed by atoms with Gasteiger partial charge in [0.1, 0.15) is 5.69 Å². The van der Waals surface area contributed by atoms with Crippen LogP contribution in [0.15, 0.2) is 30.5 Å². The van der Waals surface area contributed by atoms with Crippen molar-refractivity contribution in [1.82, 2.24) is 30.9 Å². The number of rotatable bonds is 5. The molecule has 1 aliphatic rings. The third-order valence-corrected chi connectivity index (χ3v) is 5.07. The lowest BCUT2D eigenvalue weighted by Crippen LogP contribution is -2.41. The maximum absolute atomic E-state index is 12.6. The molecule has 9 heteroatoms. The zero-order valence-corrected chi connectivity index (χ0v) is 16.2. The molecule has 1 aromatic carbocycles. The maximum atomic E-state index is 12.6. The monoisotopic (exact) mass is 390 g/mol. The van der Waals surface area contributed by atoms with Gasteiger partial charge >= 0.3 is 0 Å². The third-order valence-electron chi connectivity index (χ3n) is 4.74. The molecule has 0 bridgehead atoms. The Labute approximate surface area is 162 Å². The van der Waals surface area contributed by atoms with Gasteiger partial charge in [-0.2, -0.15) is 0 Å². The number of carbonyl (C=O) groups is 2. The van der Waals surface area contributed by atoms with Crippen molar-refractivity contribution in [2.24, 2.45) is 0 Å². The summed E-state index contributed by atoms with van der Waals surface area (Å²) in [5.74, 6) is -0.312. The van der Waals surface area contributed by atoms with Crippen LogP contribution >= 0.6 is 11.6 Å². The Morgan fingerprint density at radius 2 is 2.07 bits per heavy atom. The van der Waals surface area contributed by atoms with Crippen LogP contribution in [-0.2, 0) is 10.3 Å². The highest BCUT2D eigenvalue weighted by molar-refractivity contribution is 6.33. The molecule has 2 aromatic rings. The van der Waals surface area contributed by atoms with Crippen LogP contribution in [0.1, 0.15) is 42.4 Å². The van der Waals surface area contributed by atoms with Crippen LogP contribution in [0, 0.1) is 0 Å². The standard InChI is InChI=1S/C18H23ClN6O2/c1-18(2,22-16(26)12-6-4-5-7-13(12)19)15-10-25(24-23-15)11-8-14(21-9-11)17(27)20-3/h4-7,10-11,14,21H,8-9H2,1-3H3,(H,20,27)(H,22,26)/t11-,14+/m1/s1. The third kappa shape index (κ3) is 4.12. The lowest BCUT2D eigenvalue weighted by Gasteiger charge is -2.24. The normalized spacial score (nSPS) is 19.7. The zero-order chi connectivity index (χ0) is 19.6. The maximum Gasteiger partial charge on any atom is 0.253 e. The van der Waals surface area contributed by atoms with Crippen molar-refractivity contribution < 1.29 is 9.59 Å². The van der Waals surface area contributed by atoms with Crippen molar-refractivity contribution >= 4 is 23.4 Å². The van der Waals surface area contributed by atoms with Crippen LogP contribution in [0.25, 0.3) is 0 Å². The molecule has 0 radical (unpaired) electrons. The van der Waals surface area contributed by atoms with E-state index in [-0.39, 0.29) is 23.9 Å². The molecule has 1 fully saturated rings. The first kappa shape index (κ1) is 19.3. The number of likely N-dealkylation sites (N-methyl/N-ethyl adjacent to an activating group) is 1. The highest BCUT2D eigenvalue weighted by Crippen LogP contribution is 2.24. The van der Waals surface area contributed by atoms with E-state index in [0.29, 0.717) is 29.2 Å². The van der Waals surface area contributed by atoms with Crippen molar-refractivity contribution in [3.63, 3.8) is 0 Å². The predicted molar refractivity (Wildman–Crippen MR) is 101 cm³/mol. The number of hydrogen-bond acceptors (Lipinski definition) is 5. The number of carbonyl (C=O) groups excluding carboxylic acids is 2. The molecule has 2 atom stereocenters. The van der Waals surface area contributed by atoms with Crippen molar-refractivity contribution in [2.45, 2.75) is 37.9 Å². The van der Waals surface area contributed by atoms with Crippen molar-refractivity contribution in [1.29, 1.82) is 0 Å². The first-order valence-electron chi connectivity index (χ1n) is 8.76. The first-order valence-corrected chi connectivity index (χ1v) is 9.14. The molecule has 0 saturated carbocycles. The summed E-state index contributed by atoms with van der Waals surface area (Å²) in [4.78, 5) is 24.3. The fourth-order valence-electron chi connectivity index (χ4n) is 3.09. The second kappa shape index (κ2) is 7.66.